The zero-order valence-corrected chi connectivity index (χ0v) is 15.1. The molecule has 8 heteroatoms. The number of β-amino-alcohol motifs (C(OH)–C–C–N with tert-alkyl or cyclic N) is 1. The molecular weight excluding hydrogens is 340 g/mol. The lowest BCUT2D eigenvalue weighted by Gasteiger charge is -2.39. The maximum absolute atomic E-state index is 12.2. The Morgan fingerprint density at radius 2 is 1.88 bits per heavy atom. The number of hydrogen-bond acceptors (Lipinski definition) is 6. The molecule has 1 saturated heterocycles. The number of carbonyl (C=O) groups is 2. The van der Waals surface area contributed by atoms with Gasteiger partial charge in [-0.25, -0.2) is 4.79 Å². The first-order valence-corrected chi connectivity index (χ1v) is 8.47. The quantitative estimate of drug-likeness (QED) is 0.614. The number of nitrogens with zero attached hydrogens (tertiary/aromatic N) is 1. The van der Waals surface area contributed by atoms with Crippen LogP contribution in [0.2, 0.25) is 0 Å². The molecule has 1 fully saturated rings. The van der Waals surface area contributed by atoms with Crippen LogP contribution in [0, 0.1) is 5.41 Å². The second-order valence-electron chi connectivity index (χ2n) is 7.54. The Morgan fingerprint density at radius 3 is 2.42 bits per heavy atom. The number of hydrogen-bond donors (Lipinski definition) is 4. The van der Waals surface area contributed by atoms with Crippen LogP contribution in [0.15, 0.2) is 30.3 Å². The van der Waals surface area contributed by atoms with Gasteiger partial charge in [0.2, 0.25) is 0 Å². The lowest BCUT2D eigenvalue weighted by atomic mass is 9.85. The maximum atomic E-state index is 12.2. The maximum Gasteiger partial charge on any atom is 0.412 e. The molecule has 1 aliphatic heterocycles. The molecule has 26 heavy (non-hydrogen) atoms. The van der Waals surface area contributed by atoms with Crippen molar-refractivity contribution in [3.8, 4) is 5.75 Å². The minimum absolute atomic E-state index is 0.0140. The number of aliphatic hydroxyl groups is 2. The highest BCUT2D eigenvalue weighted by Gasteiger charge is 2.45. The smallest absolute Gasteiger partial charge is 0.412 e. The van der Waals surface area contributed by atoms with E-state index in [-0.39, 0.29) is 13.0 Å². The number of carboxylic acids is 1. The van der Waals surface area contributed by atoms with Gasteiger partial charge in [0.25, 0.3) is 0 Å². The summed E-state index contributed by atoms with van der Waals surface area (Å²) in [5, 5.41) is 32.5. The second-order valence-corrected chi connectivity index (χ2v) is 7.54. The minimum Gasteiger partial charge on any atom is -0.480 e. The highest BCUT2D eigenvalue weighted by Crippen LogP contribution is 2.28. The highest BCUT2D eigenvalue weighted by atomic mass is 16.6. The number of aliphatic hydroxyl groups excluding tert-OH is 2. The van der Waals surface area contributed by atoms with Crippen molar-refractivity contribution >= 4 is 12.1 Å². The summed E-state index contributed by atoms with van der Waals surface area (Å²) >= 11 is 0. The molecule has 2 rings (SSSR count). The second kappa shape index (κ2) is 8.03. The first-order valence-electron chi connectivity index (χ1n) is 8.47. The summed E-state index contributed by atoms with van der Waals surface area (Å²) in [6.07, 6.45) is -2.86. The number of ether oxygens (including phenoxy) is 1. The first-order chi connectivity index (χ1) is 12.1. The lowest BCUT2D eigenvalue weighted by molar-refractivity contribution is -0.148. The van der Waals surface area contributed by atoms with Crippen LogP contribution in [-0.2, 0) is 4.79 Å². The molecule has 1 heterocycles. The monoisotopic (exact) mass is 366 g/mol. The third-order valence-corrected chi connectivity index (χ3v) is 4.40. The molecule has 1 aromatic carbocycles. The van der Waals surface area contributed by atoms with Gasteiger partial charge in [-0.15, -0.1) is 0 Å². The summed E-state index contributed by atoms with van der Waals surface area (Å²) in [6, 6.07) is 6.65. The number of carboxylic acid groups (broad SMARTS) is 1. The third kappa shape index (κ3) is 4.94. The van der Waals surface area contributed by atoms with Gasteiger partial charge in [0.15, 0.2) is 0 Å². The van der Waals surface area contributed by atoms with Gasteiger partial charge in [0, 0.05) is 13.0 Å². The fourth-order valence-electron chi connectivity index (χ4n) is 3.06. The summed E-state index contributed by atoms with van der Waals surface area (Å²) in [5.41, 5.74) is -0.592. The summed E-state index contributed by atoms with van der Waals surface area (Å²) in [7, 11) is 0. The zero-order valence-electron chi connectivity index (χ0n) is 15.1. The molecule has 8 nitrogen and oxygen atoms in total. The van der Waals surface area contributed by atoms with E-state index in [9.17, 15) is 24.9 Å². The largest absolute Gasteiger partial charge is 0.480 e. The standard InChI is InChI=1S/C18H26N2O6/c1-18(2,3)14(19-17(25)26-12-7-5-4-6-8-12)15(22)20-10-11(21)9-13(20)16(23)24/h4-8,11,13-15,21-22H,9-10H2,1-3H3,(H,19,25)(H,23,24)/t11-,13+,14-,15?/m1/s1. The molecule has 0 aromatic heterocycles. The van der Waals surface area contributed by atoms with Gasteiger partial charge in [-0.2, -0.15) is 0 Å². The van der Waals surface area contributed by atoms with Gasteiger partial charge in [0.05, 0.1) is 12.1 Å². The summed E-state index contributed by atoms with van der Waals surface area (Å²) in [4.78, 5) is 25.0. The van der Waals surface area contributed by atoms with Gasteiger partial charge < -0.3 is 25.4 Å². The molecule has 144 valence electrons. The normalized spacial score (nSPS) is 23.3. The van der Waals surface area contributed by atoms with Crippen LogP contribution >= 0.6 is 0 Å². The Bertz CT molecular complexity index is 630. The van der Waals surface area contributed by atoms with Crippen LogP contribution in [0.3, 0.4) is 0 Å². The number of rotatable bonds is 5. The van der Waals surface area contributed by atoms with Crippen molar-refractivity contribution in [3.05, 3.63) is 30.3 Å². The molecule has 0 bridgehead atoms. The van der Waals surface area contributed by atoms with Crippen molar-refractivity contribution in [2.75, 3.05) is 6.54 Å². The number of nitrogens with one attached hydrogen (secondary N) is 1. The molecule has 4 atom stereocenters. The number of benzene rings is 1. The molecule has 1 aliphatic rings. The van der Waals surface area contributed by atoms with Crippen LogP contribution in [0.25, 0.3) is 0 Å². The molecule has 1 amide bonds. The number of likely N-dealkylation sites (tertiary alicyclic amines) is 1. The van der Waals surface area contributed by atoms with E-state index in [1.165, 1.54) is 4.90 Å². The van der Waals surface area contributed by atoms with Gasteiger partial charge in [-0.3, -0.25) is 9.69 Å². The summed E-state index contributed by atoms with van der Waals surface area (Å²) in [5.74, 6) is -0.771. The van der Waals surface area contributed by atoms with Crippen LogP contribution in [-0.4, -0.2) is 63.2 Å². The number of para-hydroxylation sites is 1. The Hall–Kier alpha value is -2.16. The van der Waals surface area contributed by atoms with E-state index in [1.807, 2.05) is 20.8 Å². The van der Waals surface area contributed by atoms with Crippen LogP contribution < -0.4 is 10.1 Å². The lowest BCUT2D eigenvalue weighted by Crippen LogP contribution is -2.59. The molecule has 0 spiro atoms. The van der Waals surface area contributed by atoms with E-state index in [0.717, 1.165) is 0 Å². The van der Waals surface area contributed by atoms with Crippen LogP contribution in [0.4, 0.5) is 4.79 Å². The van der Waals surface area contributed by atoms with Crippen molar-refractivity contribution in [2.24, 2.45) is 5.41 Å². The SMILES string of the molecule is CC(C)(C)[C@H](NC(=O)Oc1ccccc1)C(O)N1C[C@H](O)C[C@H]1C(=O)O. The van der Waals surface area contributed by atoms with Gasteiger partial charge in [-0.1, -0.05) is 39.0 Å². The average molecular weight is 366 g/mol. The van der Waals surface area contributed by atoms with Gasteiger partial charge >= 0.3 is 12.1 Å². The predicted molar refractivity (Wildman–Crippen MR) is 93.6 cm³/mol. The molecule has 1 unspecified atom stereocenters. The van der Waals surface area contributed by atoms with Crippen LogP contribution in [0.1, 0.15) is 27.2 Å². The number of carbonyl (C=O) groups excluding carboxylic acids is 1. The van der Waals surface area contributed by atoms with Crippen molar-refractivity contribution in [2.45, 2.75) is 51.6 Å². The van der Waals surface area contributed by atoms with Crippen molar-refractivity contribution in [1.29, 1.82) is 0 Å². The molecular formula is C18H26N2O6. The topological polar surface area (TPSA) is 119 Å². The van der Waals surface area contributed by atoms with E-state index < -0.39 is 41.9 Å². The first kappa shape index (κ1) is 20.2. The Labute approximate surface area is 152 Å². The zero-order chi connectivity index (χ0) is 19.5. The van der Waals surface area contributed by atoms with E-state index in [2.05, 4.69) is 5.32 Å². The average Bonchev–Trinajstić information content (AvgIpc) is 2.94. The highest BCUT2D eigenvalue weighted by molar-refractivity contribution is 5.74. The third-order valence-electron chi connectivity index (χ3n) is 4.40. The number of amides is 1. The molecule has 0 aliphatic carbocycles. The molecule has 0 saturated carbocycles. The van der Waals surface area contributed by atoms with Crippen molar-refractivity contribution < 1.29 is 29.6 Å². The van der Waals surface area contributed by atoms with Crippen molar-refractivity contribution in [1.82, 2.24) is 10.2 Å². The molecule has 0 radical (unpaired) electrons. The molecule has 4 N–H and O–H groups in total. The Balaban J connectivity index is 2.13. The fraction of sp³-hybridized carbons (Fsp3) is 0.556. The van der Waals surface area contributed by atoms with E-state index in [0.29, 0.717) is 5.75 Å². The van der Waals surface area contributed by atoms with E-state index in [1.54, 1.807) is 30.3 Å². The summed E-state index contributed by atoms with van der Waals surface area (Å²) in [6.45, 7) is 5.45. The molecule has 1 aromatic rings. The van der Waals surface area contributed by atoms with Crippen LogP contribution in [0.5, 0.6) is 5.75 Å². The van der Waals surface area contributed by atoms with E-state index in [4.69, 9.17) is 4.74 Å². The number of aliphatic carboxylic acids is 1. The Morgan fingerprint density at radius 1 is 1.27 bits per heavy atom. The minimum atomic E-state index is -1.29. The van der Waals surface area contributed by atoms with Gasteiger partial charge in [-0.05, 0) is 17.5 Å². The predicted octanol–water partition coefficient (Wildman–Crippen LogP) is 1.03. The fourth-order valence-corrected chi connectivity index (χ4v) is 3.06. The Kier molecular flexibility index (Phi) is 6.22. The van der Waals surface area contributed by atoms with Crippen molar-refractivity contribution in [3.63, 3.8) is 0 Å². The van der Waals surface area contributed by atoms with E-state index >= 15 is 0 Å². The summed E-state index contributed by atoms with van der Waals surface area (Å²) < 4.78 is 5.20. The van der Waals surface area contributed by atoms with Gasteiger partial charge in [0.1, 0.15) is 18.0 Å².